The summed E-state index contributed by atoms with van der Waals surface area (Å²) < 4.78 is 31.1. The van der Waals surface area contributed by atoms with Gasteiger partial charge in [-0.1, -0.05) is 37.1 Å². The number of rotatable bonds is 9. The molecule has 0 heterocycles. The Morgan fingerprint density at radius 2 is 1.76 bits per heavy atom. The number of aliphatic carboxylic acids is 1. The first kappa shape index (κ1) is 23.1. The normalized spacial score (nSPS) is 14.5. The van der Waals surface area contributed by atoms with Gasteiger partial charge in [-0.05, 0) is 77.4 Å². The van der Waals surface area contributed by atoms with Crippen molar-refractivity contribution < 1.29 is 23.1 Å². The highest BCUT2D eigenvalue weighted by Gasteiger charge is 2.17. The van der Waals surface area contributed by atoms with Crippen LogP contribution in [0.25, 0.3) is 21.9 Å². The van der Waals surface area contributed by atoms with Gasteiger partial charge in [0.15, 0.2) is 0 Å². The Morgan fingerprint density at radius 3 is 2.48 bits per heavy atom. The van der Waals surface area contributed by atoms with E-state index in [4.69, 9.17) is 15.0 Å². The SMILES string of the molecule is NS(=O)(=O)Nc1ccc2cc(-c3cc(CCC(=O)O)ccc3OCC3CCCC3)ccc2c1. The zero-order chi connectivity index (χ0) is 23.4. The number of nitrogens with one attached hydrogen (secondary N) is 1. The molecule has 0 saturated heterocycles. The molecule has 0 spiro atoms. The average Bonchev–Trinajstić information content (AvgIpc) is 3.29. The molecule has 33 heavy (non-hydrogen) atoms. The van der Waals surface area contributed by atoms with Crippen LogP contribution in [0, 0.1) is 5.92 Å². The molecule has 1 saturated carbocycles. The lowest BCUT2D eigenvalue weighted by Gasteiger charge is -2.17. The van der Waals surface area contributed by atoms with Gasteiger partial charge in [0.25, 0.3) is 10.2 Å². The molecule has 1 aliphatic rings. The van der Waals surface area contributed by atoms with E-state index in [1.807, 2.05) is 42.5 Å². The fraction of sp³-hybridized carbons (Fsp3) is 0.320. The monoisotopic (exact) mass is 468 g/mol. The smallest absolute Gasteiger partial charge is 0.303 e. The molecule has 174 valence electrons. The van der Waals surface area contributed by atoms with Crippen LogP contribution in [0.4, 0.5) is 5.69 Å². The van der Waals surface area contributed by atoms with E-state index in [0.29, 0.717) is 24.6 Å². The van der Waals surface area contributed by atoms with Crippen LogP contribution in [0.15, 0.2) is 54.6 Å². The van der Waals surface area contributed by atoms with Gasteiger partial charge in [-0.25, -0.2) is 5.14 Å². The highest BCUT2D eigenvalue weighted by atomic mass is 32.2. The molecule has 3 aromatic carbocycles. The van der Waals surface area contributed by atoms with E-state index in [9.17, 15) is 13.2 Å². The second-order valence-corrected chi connectivity index (χ2v) is 9.90. The van der Waals surface area contributed by atoms with E-state index in [1.165, 1.54) is 25.7 Å². The summed E-state index contributed by atoms with van der Waals surface area (Å²) in [6.07, 6.45) is 5.40. The average molecular weight is 469 g/mol. The number of carbonyl (C=O) groups is 1. The molecule has 4 rings (SSSR count). The molecular weight excluding hydrogens is 440 g/mol. The van der Waals surface area contributed by atoms with E-state index in [0.717, 1.165) is 33.2 Å². The van der Waals surface area contributed by atoms with Gasteiger partial charge in [0.2, 0.25) is 0 Å². The molecular formula is C25H28N2O5S. The molecule has 7 nitrogen and oxygen atoms in total. The third kappa shape index (κ3) is 6.24. The minimum absolute atomic E-state index is 0.0687. The Bertz CT molecular complexity index is 1270. The van der Waals surface area contributed by atoms with Crippen LogP contribution in [0.5, 0.6) is 5.75 Å². The Morgan fingerprint density at radius 1 is 1.03 bits per heavy atom. The zero-order valence-corrected chi connectivity index (χ0v) is 19.1. The van der Waals surface area contributed by atoms with Gasteiger partial charge < -0.3 is 9.84 Å². The molecule has 0 aliphatic heterocycles. The fourth-order valence-corrected chi connectivity index (χ4v) is 4.82. The van der Waals surface area contributed by atoms with Crippen molar-refractivity contribution in [2.45, 2.75) is 38.5 Å². The number of carboxylic acid groups (broad SMARTS) is 1. The summed E-state index contributed by atoms with van der Waals surface area (Å²) in [5, 5.41) is 15.9. The Balaban J connectivity index is 1.66. The van der Waals surface area contributed by atoms with Gasteiger partial charge in [-0.2, -0.15) is 8.42 Å². The maximum absolute atomic E-state index is 11.3. The van der Waals surface area contributed by atoms with Gasteiger partial charge >= 0.3 is 5.97 Å². The number of hydrogen-bond donors (Lipinski definition) is 3. The summed E-state index contributed by atoms with van der Waals surface area (Å²) in [5.74, 6) is 0.534. The highest BCUT2D eigenvalue weighted by molar-refractivity contribution is 7.90. The molecule has 0 aromatic heterocycles. The number of fused-ring (bicyclic) bond motifs is 1. The maximum atomic E-state index is 11.3. The topological polar surface area (TPSA) is 119 Å². The second-order valence-electron chi connectivity index (χ2n) is 8.61. The van der Waals surface area contributed by atoms with Crippen LogP contribution < -0.4 is 14.6 Å². The van der Waals surface area contributed by atoms with Crippen molar-refractivity contribution >= 4 is 32.6 Å². The maximum Gasteiger partial charge on any atom is 0.303 e. The van der Waals surface area contributed by atoms with Gasteiger partial charge in [0.05, 0.1) is 12.3 Å². The minimum Gasteiger partial charge on any atom is -0.493 e. The predicted octanol–water partition coefficient (Wildman–Crippen LogP) is 4.71. The summed E-state index contributed by atoms with van der Waals surface area (Å²) in [7, 11) is -3.84. The van der Waals surface area contributed by atoms with Crippen LogP contribution in [-0.2, 0) is 21.4 Å². The summed E-state index contributed by atoms with van der Waals surface area (Å²) in [6, 6.07) is 17.0. The Kier molecular flexibility index (Phi) is 6.85. The van der Waals surface area contributed by atoms with Gasteiger partial charge in [-0.3, -0.25) is 9.52 Å². The summed E-state index contributed by atoms with van der Waals surface area (Å²) in [5.41, 5.74) is 3.21. The van der Waals surface area contributed by atoms with Crippen molar-refractivity contribution in [2.75, 3.05) is 11.3 Å². The quantitative estimate of drug-likeness (QED) is 0.420. The molecule has 0 unspecified atom stereocenters. The van der Waals surface area contributed by atoms with Crippen LogP contribution in [0.3, 0.4) is 0 Å². The fourth-order valence-electron chi connectivity index (χ4n) is 4.36. The molecule has 1 fully saturated rings. The Labute approximate surface area is 193 Å². The lowest BCUT2D eigenvalue weighted by Crippen LogP contribution is -2.21. The van der Waals surface area contributed by atoms with E-state index in [1.54, 1.807) is 12.1 Å². The third-order valence-corrected chi connectivity index (χ3v) is 6.55. The van der Waals surface area contributed by atoms with E-state index >= 15 is 0 Å². The molecule has 3 aromatic rings. The highest BCUT2D eigenvalue weighted by Crippen LogP contribution is 2.35. The van der Waals surface area contributed by atoms with E-state index in [2.05, 4.69) is 4.72 Å². The van der Waals surface area contributed by atoms with Gasteiger partial charge in [0, 0.05) is 12.0 Å². The molecule has 0 radical (unpaired) electrons. The van der Waals surface area contributed by atoms with Crippen molar-refractivity contribution in [1.82, 2.24) is 0 Å². The van der Waals surface area contributed by atoms with Gasteiger partial charge in [-0.15, -0.1) is 0 Å². The number of nitrogens with two attached hydrogens (primary N) is 1. The van der Waals surface area contributed by atoms with Crippen molar-refractivity contribution in [3.63, 3.8) is 0 Å². The molecule has 1 aliphatic carbocycles. The first-order valence-electron chi connectivity index (χ1n) is 11.1. The largest absolute Gasteiger partial charge is 0.493 e. The minimum atomic E-state index is -3.84. The number of carboxylic acids is 1. The lowest BCUT2D eigenvalue weighted by atomic mass is 9.97. The predicted molar refractivity (Wildman–Crippen MR) is 130 cm³/mol. The van der Waals surface area contributed by atoms with Crippen LogP contribution in [0.1, 0.15) is 37.7 Å². The number of aryl methyl sites for hydroxylation is 1. The molecule has 0 bridgehead atoms. The first-order chi connectivity index (χ1) is 15.8. The van der Waals surface area contributed by atoms with Crippen LogP contribution >= 0.6 is 0 Å². The van der Waals surface area contributed by atoms with E-state index in [-0.39, 0.29) is 6.42 Å². The summed E-state index contributed by atoms with van der Waals surface area (Å²) in [6.45, 7) is 0.678. The Hall–Kier alpha value is -3.10. The van der Waals surface area contributed by atoms with Crippen molar-refractivity contribution in [1.29, 1.82) is 0 Å². The van der Waals surface area contributed by atoms with Crippen molar-refractivity contribution in [2.24, 2.45) is 11.1 Å². The zero-order valence-electron chi connectivity index (χ0n) is 18.3. The van der Waals surface area contributed by atoms with Crippen LogP contribution in [0.2, 0.25) is 0 Å². The van der Waals surface area contributed by atoms with E-state index < -0.39 is 16.2 Å². The molecule has 8 heteroatoms. The second kappa shape index (κ2) is 9.80. The van der Waals surface area contributed by atoms with Crippen molar-refractivity contribution in [3.8, 4) is 16.9 Å². The first-order valence-corrected chi connectivity index (χ1v) is 12.6. The van der Waals surface area contributed by atoms with Gasteiger partial charge in [0.1, 0.15) is 5.75 Å². The number of benzene rings is 3. The number of ether oxygens (including phenoxy) is 1. The summed E-state index contributed by atoms with van der Waals surface area (Å²) in [4.78, 5) is 11.0. The summed E-state index contributed by atoms with van der Waals surface area (Å²) >= 11 is 0. The number of anilines is 1. The lowest BCUT2D eigenvalue weighted by molar-refractivity contribution is -0.136. The van der Waals surface area contributed by atoms with Crippen LogP contribution in [-0.4, -0.2) is 26.1 Å². The third-order valence-electron chi connectivity index (χ3n) is 6.03. The molecule has 4 N–H and O–H groups in total. The van der Waals surface area contributed by atoms with Crippen molar-refractivity contribution in [3.05, 3.63) is 60.2 Å². The molecule has 0 amide bonds. The number of hydrogen-bond acceptors (Lipinski definition) is 4. The molecule has 0 atom stereocenters. The standard InChI is InChI=1S/C25H28N2O5S/c26-33(30,31)27-22-10-9-19-14-21(8-7-20(19)15-22)23-13-17(6-12-25(28)29)5-11-24(23)32-16-18-3-1-2-4-18/h5,7-11,13-15,18,27H,1-4,6,12,16H2,(H,28,29)(H2,26,30,31).